The van der Waals surface area contributed by atoms with Gasteiger partial charge in [0, 0.05) is 19.1 Å². The van der Waals surface area contributed by atoms with Crippen LogP contribution in [0, 0.1) is 5.92 Å². The minimum Gasteiger partial charge on any atom is -0.330 e. The predicted octanol–water partition coefficient (Wildman–Crippen LogP) is 0.997. The van der Waals surface area contributed by atoms with Crippen molar-refractivity contribution in [1.82, 2.24) is 9.80 Å². The minimum atomic E-state index is 0.726. The van der Waals surface area contributed by atoms with Gasteiger partial charge in [0.05, 0.1) is 0 Å². The van der Waals surface area contributed by atoms with Crippen molar-refractivity contribution >= 4 is 0 Å². The molecule has 0 amide bonds. The topological polar surface area (TPSA) is 32.5 Å². The molecule has 0 heterocycles. The van der Waals surface area contributed by atoms with Crippen LogP contribution in [0.25, 0.3) is 0 Å². The van der Waals surface area contributed by atoms with Gasteiger partial charge >= 0.3 is 0 Å². The smallest absolute Gasteiger partial charge is 0.0133 e. The first-order chi connectivity index (χ1) is 7.15. The van der Waals surface area contributed by atoms with E-state index in [0.717, 1.165) is 31.6 Å². The second-order valence-corrected chi connectivity index (χ2v) is 5.13. The van der Waals surface area contributed by atoms with E-state index in [1.54, 1.807) is 0 Å². The number of hydrogen-bond acceptors (Lipinski definition) is 3. The summed E-state index contributed by atoms with van der Waals surface area (Å²) in [4.78, 5) is 4.76. The van der Waals surface area contributed by atoms with Crippen molar-refractivity contribution < 1.29 is 0 Å². The lowest BCUT2D eigenvalue weighted by molar-refractivity contribution is 0.125. The zero-order chi connectivity index (χ0) is 11.3. The summed E-state index contributed by atoms with van der Waals surface area (Å²) in [6.45, 7) is 3.16. The number of nitrogens with two attached hydrogens (primary N) is 1. The van der Waals surface area contributed by atoms with Gasteiger partial charge in [0.15, 0.2) is 0 Å². The molecule has 0 saturated heterocycles. The van der Waals surface area contributed by atoms with E-state index in [2.05, 4.69) is 30.9 Å². The van der Waals surface area contributed by atoms with Gasteiger partial charge in [-0.3, -0.25) is 0 Å². The van der Waals surface area contributed by atoms with Crippen LogP contribution in [0.5, 0.6) is 0 Å². The second kappa shape index (κ2) is 6.46. The molecular weight excluding hydrogens is 186 g/mol. The summed E-state index contributed by atoms with van der Waals surface area (Å²) < 4.78 is 0. The molecule has 0 aromatic carbocycles. The minimum absolute atomic E-state index is 0.726. The van der Waals surface area contributed by atoms with Crippen molar-refractivity contribution in [3.05, 3.63) is 0 Å². The van der Waals surface area contributed by atoms with Crippen LogP contribution in [0.15, 0.2) is 0 Å². The summed E-state index contributed by atoms with van der Waals surface area (Å²) in [5.74, 6) is 0.728. The maximum Gasteiger partial charge on any atom is 0.0133 e. The Hall–Kier alpha value is -0.120. The summed E-state index contributed by atoms with van der Waals surface area (Å²) in [7, 11) is 6.52. The summed E-state index contributed by atoms with van der Waals surface area (Å²) in [6, 6.07) is 0.726. The van der Waals surface area contributed by atoms with Crippen molar-refractivity contribution in [2.75, 3.05) is 40.8 Å². The van der Waals surface area contributed by atoms with Gasteiger partial charge in [-0.2, -0.15) is 0 Å². The molecule has 0 spiro atoms. The third-order valence-electron chi connectivity index (χ3n) is 3.64. The highest BCUT2D eigenvalue weighted by atomic mass is 15.2. The summed E-state index contributed by atoms with van der Waals surface area (Å²) >= 11 is 0. The van der Waals surface area contributed by atoms with Gasteiger partial charge in [-0.05, 0) is 46.4 Å². The fourth-order valence-corrected chi connectivity index (χ4v) is 2.57. The Morgan fingerprint density at radius 1 is 1.07 bits per heavy atom. The molecule has 1 fully saturated rings. The Balaban J connectivity index is 2.37. The van der Waals surface area contributed by atoms with Gasteiger partial charge in [-0.1, -0.05) is 12.8 Å². The molecule has 90 valence electrons. The third-order valence-corrected chi connectivity index (χ3v) is 3.64. The summed E-state index contributed by atoms with van der Waals surface area (Å²) in [6.07, 6.45) is 5.42. The van der Waals surface area contributed by atoms with Gasteiger partial charge in [0.1, 0.15) is 0 Å². The van der Waals surface area contributed by atoms with Crippen LogP contribution in [-0.4, -0.2) is 56.6 Å². The van der Waals surface area contributed by atoms with Crippen LogP contribution >= 0.6 is 0 Å². The summed E-state index contributed by atoms with van der Waals surface area (Å²) in [5, 5.41) is 0. The predicted molar refractivity (Wildman–Crippen MR) is 66.0 cm³/mol. The Morgan fingerprint density at radius 2 is 1.73 bits per heavy atom. The van der Waals surface area contributed by atoms with Gasteiger partial charge in [0.25, 0.3) is 0 Å². The van der Waals surface area contributed by atoms with Crippen LogP contribution in [-0.2, 0) is 0 Å². The lowest BCUT2D eigenvalue weighted by atomic mass is 9.84. The molecule has 15 heavy (non-hydrogen) atoms. The standard InChI is InChI=1S/C12H27N3/c1-14(2)8-9-15(3)12-7-5-4-6-11(12)10-13/h11-12H,4-10,13H2,1-3H3. The van der Waals surface area contributed by atoms with Gasteiger partial charge in [-0.25, -0.2) is 0 Å². The van der Waals surface area contributed by atoms with Crippen LogP contribution in [0.4, 0.5) is 0 Å². The molecule has 3 heteroatoms. The molecule has 2 N–H and O–H groups in total. The molecule has 1 aliphatic rings. The van der Waals surface area contributed by atoms with Crippen molar-refractivity contribution in [1.29, 1.82) is 0 Å². The molecule has 0 aliphatic heterocycles. The molecule has 0 aromatic rings. The van der Waals surface area contributed by atoms with Crippen LogP contribution in [0.1, 0.15) is 25.7 Å². The molecule has 1 saturated carbocycles. The van der Waals surface area contributed by atoms with Gasteiger partial charge < -0.3 is 15.5 Å². The Kier molecular flexibility index (Phi) is 5.58. The monoisotopic (exact) mass is 213 g/mol. The Labute approximate surface area is 94.6 Å². The second-order valence-electron chi connectivity index (χ2n) is 5.13. The average molecular weight is 213 g/mol. The van der Waals surface area contributed by atoms with E-state index in [1.165, 1.54) is 25.7 Å². The van der Waals surface area contributed by atoms with Crippen LogP contribution in [0.2, 0.25) is 0 Å². The van der Waals surface area contributed by atoms with Crippen molar-refractivity contribution in [3.8, 4) is 0 Å². The Morgan fingerprint density at radius 3 is 2.33 bits per heavy atom. The van der Waals surface area contributed by atoms with E-state index >= 15 is 0 Å². The van der Waals surface area contributed by atoms with E-state index in [-0.39, 0.29) is 0 Å². The molecule has 1 aliphatic carbocycles. The van der Waals surface area contributed by atoms with Crippen LogP contribution in [0.3, 0.4) is 0 Å². The molecule has 0 aromatic heterocycles. The quantitative estimate of drug-likeness (QED) is 0.739. The maximum absolute atomic E-state index is 5.85. The molecule has 0 radical (unpaired) electrons. The van der Waals surface area contributed by atoms with E-state index in [9.17, 15) is 0 Å². The first kappa shape index (κ1) is 12.9. The SMILES string of the molecule is CN(C)CCN(C)C1CCCCC1CN. The molecule has 3 nitrogen and oxygen atoms in total. The first-order valence-corrected chi connectivity index (χ1v) is 6.20. The lowest BCUT2D eigenvalue weighted by Crippen LogP contribution is -2.45. The zero-order valence-corrected chi connectivity index (χ0v) is 10.6. The van der Waals surface area contributed by atoms with Crippen LogP contribution < -0.4 is 5.73 Å². The van der Waals surface area contributed by atoms with Gasteiger partial charge in [-0.15, -0.1) is 0 Å². The number of likely N-dealkylation sites (N-methyl/N-ethyl adjacent to an activating group) is 2. The van der Waals surface area contributed by atoms with E-state index < -0.39 is 0 Å². The largest absolute Gasteiger partial charge is 0.330 e. The average Bonchev–Trinajstić information content (AvgIpc) is 2.25. The maximum atomic E-state index is 5.85. The fraction of sp³-hybridized carbons (Fsp3) is 1.00. The van der Waals surface area contributed by atoms with Crippen molar-refractivity contribution in [2.45, 2.75) is 31.7 Å². The Bertz CT molecular complexity index is 170. The molecule has 2 unspecified atom stereocenters. The molecular formula is C12H27N3. The number of hydrogen-bond donors (Lipinski definition) is 1. The highest BCUT2D eigenvalue weighted by Gasteiger charge is 2.26. The first-order valence-electron chi connectivity index (χ1n) is 6.20. The fourth-order valence-electron chi connectivity index (χ4n) is 2.57. The van der Waals surface area contributed by atoms with Crippen molar-refractivity contribution in [3.63, 3.8) is 0 Å². The normalized spacial score (nSPS) is 27.6. The van der Waals surface area contributed by atoms with E-state index in [1.807, 2.05) is 0 Å². The summed E-state index contributed by atoms with van der Waals surface area (Å²) in [5.41, 5.74) is 5.85. The van der Waals surface area contributed by atoms with Crippen molar-refractivity contribution in [2.24, 2.45) is 11.7 Å². The molecule has 2 atom stereocenters. The molecule has 1 rings (SSSR count). The van der Waals surface area contributed by atoms with E-state index in [0.29, 0.717) is 0 Å². The molecule has 0 bridgehead atoms. The number of nitrogens with zero attached hydrogens (tertiary/aromatic N) is 2. The number of rotatable bonds is 5. The van der Waals surface area contributed by atoms with Gasteiger partial charge in [0.2, 0.25) is 0 Å². The zero-order valence-electron chi connectivity index (χ0n) is 10.6. The highest BCUT2D eigenvalue weighted by molar-refractivity contribution is 4.82. The van der Waals surface area contributed by atoms with E-state index in [4.69, 9.17) is 5.73 Å². The highest BCUT2D eigenvalue weighted by Crippen LogP contribution is 2.26. The lowest BCUT2D eigenvalue weighted by Gasteiger charge is -2.38. The third kappa shape index (κ3) is 4.09.